The molecule has 1 amide bonds. The largest absolute Gasteiger partial charge is 0.376 e. The molecule has 0 unspecified atom stereocenters. The summed E-state index contributed by atoms with van der Waals surface area (Å²) in [5.41, 5.74) is 0.497. The lowest BCUT2D eigenvalue weighted by molar-refractivity contribution is -0.122. The third-order valence-electron chi connectivity index (χ3n) is 4.78. The lowest BCUT2D eigenvalue weighted by Crippen LogP contribution is -2.44. The number of carbonyl (C=O) groups excluding carboxylic acids is 1. The number of ether oxygens (including phenoxy) is 1. The Labute approximate surface area is 123 Å². The van der Waals surface area contributed by atoms with Crippen LogP contribution in [-0.4, -0.2) is 49.2 Å². The lowest BCUT2D eigenvalue weighted by atomic mass is 9.77. The maximum Gasteiger partial charge on any atom is 0.234 e. The first-order chi connectivity index (χ1) is 9.53. The molecular weight excluding hydrogens is 252 g/mol. The Balaban J connectivity index is 1.75. The zero-order chi connectivity index (χ0) is 14.6. The van der Waals surface area contributed by atoms with Gasteiger partial charge in [0.25, 0.3) is 0 Å². The molecule has 0 aromatic carbocycles. The van der Waals surface area contributed by atoms with Crippen molar-refractivity contribution in [2.75, 3.05) is 26.2 Å². The van der Waals surface area contributed by atoms with Gasteiger partial charge in [0.05, 0.1) is 18.8 Å². The number of piperidine rings is 1. The molecule has 1 saturated heterocycles. The molecule has 0 aromatic rings. The minimum atomic E-state index is 0.163. The van der Waals surface area contributed by atoms with E-state index in [1.165, 1.54) is 32.1 Å². The van der Waals surface area contributed by atoms with Crippen LogP contribution in [0.3, 0.4) is 0 Å². The molecular formula is C16H30N2O2. The van der Waals surface area contributed by atoms with E-state index >= 15 is 0 Å². The number of rotatable bonds is 5. The molecule has 0 radical (unpaired) electrons. The Morgan fingerprint density at radius 2 is 2.05 bits per heavy atom. The number of carbonyl (C=O) groups is 1. The van der Waals surface area contributed by atoms with E-state index in [9.17, 15) is 4.79 Å². The Hall–Kier alpha value is -0.610. The van der Waals surface area contributed by atoms with Gasteiger partial charge in [0.15, 0.2) is 0 Å². The SMILES string of the molecule is CCNC(=O)CN1CCC2(CC[C@H](OC(C)C)C2)CC1. The van der Waals surface area contributed by atoms with Crippen molar-refractivity contribution in [3.63, 3.8) is 0 Å². The Morgan fingerprint density at radius 1 is 1.35 bits per heavy atom. The molecule has 1 saturated carbocycles. The summed E-state index contributed by atoms with van der Waals surface area (Å²) in [5, 5.41) is 2.88. The fourth-order valence-corrected chi connectivity index (χ4v) is 3.75. The van der Waals surface area contributed by atoms with E-state index in [1.54, 1.807) is 0 Å². The summed E-state index contributed by atoms with van der Waals surface area (Å²) >= 11 is 0. The number of likely N-dealkylation sites (tertiary alicyclic amines) is 1. The monoisotopic (exact) mass is 282 g/mol. The predicted molar refractivity (Wildman–Crippen MR) is 80.7 cm³/mol. The molecule has 20 heavy (non-hydrogen) atoms. The van der Waals surface area contributed by atoms with Gasteiger partial charge < -0.3 is 10.1 Å². The fourth-order valence-electron chi connectivity index (χ4n) is 3.75. The topological polar surface area (TPSA) is 41.6 Å². The van der Waals surface area contributed by atoms with Gasteiger partial charge in [-0.3, -0.25) is 9.69 Å². The van der Waals surface area contributed by atoms with Crippen LogP contribution in [0.5, 0.6) is 0 Å². The average Bonchev–Trinajstić information content (AvgIpc) is 2.75. The van der Waals surface area contributed by atoms with Crippen molar-refractivity contribution in [2.24, 2.45) is 5.41 Å². The normalized spacial score (nSPS) is 26.3. The molecule has 1 spiro atoms. The molecule has 1 N–H and O–H groups in total. The third kappa shape index (κ3) is 4.19. The first kappa shape index (κ1) is 15.8. The van der Waals surface area contributed by atoms with E-state index < -0.39 is 0 Å². The number of nitrogens with one attached hydrogen (secondary N) is 1. The summed E-state index contributed by atoms with van der Waals surface area (Å²) < 4.78 is 5.98. The van der Waals surface area contributed by atoms with Crippen molar-refractivity contribution < 1.29 is 9.53 Å². The Morgan fingerprint density at radius 3 is 2.65 bits per heavy atom. The van der Waals surface area contributed by atoms with E-state index in [1.807, 2.05) is 6.92 Å². The van der Waals surface area contributed by atoms with Crippen molar-refractivity contribution in [3.05, 3.63) is 0 Å². The van der Waals surface area contributed by atoms with Crippen LogP contribution in [0.25, 0.3) is 0 Å². The van der Waals surface area contributed by atoms with Gasteiger partial charge in [-0.2, -0.15) is 0 Å². The predicted octanol–water partition coefficient (Wildman–Crippen LogP) is 2.18. The number of hydrogen-bond donors (Lipinski definition) is 1. The van der Waals surface area contributed by atoms with Gasteiger partial charge in [0.2, 0.25) is 5.91 Å². The number of amides is 1. The van der Waals surface area contributed by atoms with Gasteiger partial charge in [0, 0.05) is 6.54 Å². The molecule has 2 fully saturated rings. The van der Waals surface area contributed by atoms with Gasteiger partial charge in [-0.15, -0.1) is 0 Å². The van der Waals surface area contributed by atoms with Gasteiger partial charge in [-0.1, -0.05) is 0 Å². The maximum atomic E-state index is 11.6. The van der Waals surface area contributed by atoms with Crippen LogP contribution in [0.15, 0.2) is 0 Å². The summed E-state index contributed by atoms with van der Waals surface area (Å²) in [6, 6.07) is 0. The highest BCUT2D eigenvalue weighted by Crippen LogP contribution is 2.47. The lowest BCUT2D eigenvalue weighted by Gasteiger charge is -2.39. The van der Waals surface area contributed by atoms with Crippen molar-refractivity contribution >= 4 is 5.91 Å². The van der Waals surface area contributed by atoms with Crippen molar-refractivity contribution in [1.29, 1.82) is 0 Å². The van der Waals surface area contributed by atoms with Crippen molar-refractivity contribution in [1.82, 2.24) is 10.2 Å². The van der Waals surface area contributed by atoms with Gasteiger partial charge in [0.1, 0.15) is 0 Å². The molecule has 0 bridgehead atoms. The molecule has 1 aliphatic heterocycles. The zero-order valence-corrected chi connectivity index (χ0v) is 13.3. The Kier molecular flexibility index (Phi) is 5.44. The second-order valence-electron chi connectivity index (χ2n) is 6.78. The summed E-state index contributed by atoms with van der Waals surface area (Å²) in [6.07, 6.45) is 7.00. The van der Waals surface area contributed by atoms with Gasteiger partial charge >= 0.3 is 0 Å². The van der Waals surface area contributed by atoms with Crippen molar-refractivity contribution in [3.8, 4) is 0 Å². The number of hydrogen-bond acceptors (Lipinski definition) is 3. The van der Waals surface area contributed by atoms with E-state index in [4.69, 9.17) is 4.74 Å². The molecule has 4 heteroatoms. The fraction of sp³-hybridized carbons (Fsp3) is 0.938. The van der Waals surface area contributed by atoms with E-state index in [0.717, 1.165) is 19.6 Å². The minimum absolute atomic E-state index is 0.163. The van der Waals surface area contributed by atoms with E-state index in [0.29, 0.717) is 24.2 Å². The van der Waals surface area contributed by atoms with Gasteiger partial charge in [-0.05, 0) is 71.4 Å². The molecule has 2 rings (SSSR count). The molecule has 1 heterocycles. The second kappa shape index (κ2) is 6.90. The molecule has 4 nitrogen and oxygen atoms in total. The molecule has 0 aromatic heterocycles. The van der Waals surface area contributed by atoms with Crippen LogP contribution in [0.2, 0.25) is 0 Å². The van der Waals surface area contributed by atoms with Crippen LogP contribution in [-0.2, 0) is 9.53 Å². The van der Waals surface area contributed by atoms with E-state index in [-0.39, 0.29) is 5.91 Å². The smallest absolute Gasteiger partial charge is 0.234 e. The summed E-state index contributed by atoms with van der Waals surface area (Å²) in [4.78, 5) is 13.9. The summed E-state index contributed by atoms with van der Waals surface area (Å²) in [7, 11) is 0. The van der Waals surface area contributed by atoms with Crippen LogP contribution in [0, 0.1) is 5.41 Å². The van der Waals surface area contributed by atoms with Crippen LogP contribution < -0.4 is 5.32 Å². The van der Waals surface area contributed by atoms with Crippen molar-refractivity contribution in [2.45, 2.75) is 65.1 Å². The maximum absolute atomic E-state index is 11.6. The van der Waals surface area contributed by atoms with Gasteiger partial charge in [-0.25, -0.2) is 0 Å². The molecule has 2 aliphatic rings. The highest BCUT2D eigenvalue weighted by atomic mass is 16.5. The highest BCUT2D eigenvalue weighted by molar-refractivity contribution is 5.77. The standard InChI is InChI=1S/C16H30N2O2/c1-4-17-15(19)12-18-9-7-16(8-10-18)6-5-14(11-16)20-13(2)3/h13-14H,4-12H2,1-3H3,(H,17,19)/t14-/m0/s1. The number of likely N-dealkylation sites (N-methyl/N-ethyl adjacent to an activating group) is 1. The molecule has 1 atom stereocenters. The van der Waals surface area contributed by atoms with Crippen LogP contribution in [0.1, 0.15) is 52.9 Å². The first-order valence-corrected chi connectivity index (χ1v) is 8.17. The zero-order valence-electron chi connectivity index (χ0n) is 13.3. The summed E-state index contributed by atoms with van der Waals surface area (Å²) in [5.74, 6) is 0.163. The Bertz CT molecular complexity index is 322. The molecule has 1 aliphatic carbocycles. The third-order valence-corrected chi connectivity index (χ3v) is 4.78. The quantitative estimate of drug-likeness (QED) is 0.840. The highest BCUT2D eigenvalue weighted by Gasteiger charge is 2.41. The van der Waals surface area contributed by atoms with E-state index in [2.05, 4.69) is 24.1 Å². The first-order valence-electron chi connectivity index (χ1n) is 8.17. The molecule has 116 valence electrons. The second-order valence-corrected chi connectivity index (χ2v) is 6.78. The minimum Gasteiger partial charge on any atom is -0.376 e. The van der Waals surface area contributed by atoms with Crippen LogP contribution in [0.4, 0.5) is 0 Å². The summed E-state index contributed by atoms with van der Waals surface area (Å²) in [6.45, 7) is 9.63. The average molecular weight is 282 g/mol. The van der Waals surface area contributed by atoms with Crippen LogP contribution >= 0.6 is 0 Å². The number of nitrogens with zero attached hydrogens (tertiary/aromatic N) is 1.